The van der Waals surface area contributed by atoms with Gasteiger partial charge in [0.2, 0.25) is 5.92 Å². The molecule has 1 saturated heterocycles. The number of amidine groups is 1. The quantitative estimate of drug-likeness (QED) is 0.0859. The van der Waals surface area contributed by atoms with Gasteiger partial charge in [0.1, 0.15) is 23.0 Å². The topological polar surface area (TPSA) is 86.7 Å². The van der Waals surface area contributed by atoms with Gasteiger partial charge in [0.25, 0.3) is 5.79 Å². The minimum absolute atomic E-state index is 0.0377. The molecule has 0 radical (unpaired) electrons. The maximum Gasteiger partial charge on any atom is 0.331 e. The van der Waals surface area contributed by atoms with Crippen LogP contribution in [0.2, 0.25) is 0 Å². The van der Waals surface area contributed by atoms with E-state index in [9.17, 15) is 9.59 Å². The third-order valence-corrected chi connectivity index (χ3v) is 7.21. The SMILES string of the molecule is CCCCCC(C)N(Cc1ccc(CC(C)(C)C)cc1)C(=Nc1ccc(OC)cc1OC)C1C(=O)OC(C)(C)OC1=O. The molecule has 1 heterocycles. The molecule has 0 aliphatic carbocycles. The summed E-state index contributed by atoms with van der Waals surface area (Å²) in [6.45, 7) is 14.5. The van der Waals surface area contributed by atoms with Gasteiger partial charge in [0.05, 0.1) is 14.2 Å². The molecular weight excluding hydrogens is 532 g/mol. The van der Waals surface area contributed by atoms with E-state index in [2.05, 4.69) is 58.9 Å². The molecule has 1 fully saturated rings. The van der Waals surface area contributed by atoms with Crippen molar-refractivity contribution in [1.29, 1.82) is 0 Å². The van der Waals surface area contributed by atoms with E-state index in [1.165, 1.54) is 5.56 Å². The van der Waals surface area contributed by atoms with Gasteiger partial charge < -0.3 is 23.8 Å². The lowest BCUT2D eigenvalue weighted by Gasteiger charge is -2.38. The van der Waals surface area contributed by atoms with E-state index in [4.69, 9.17) is 23.9 Å². The maximum atomic E-state index is 13.4. The van der Waals surface area contributed by atoms with Crippen molar-refractivity contribution in [3.8, 4) is 11.5 Å². The lowest BCUT2D eigenvalue weighted by atomic mass is 9.88. The zero-order chi connectivity index (χ0) is 31.1. The highest BCUT2D eigenvalue weighted by Gasteiger charge is 2.48. The van der Waals surface area contributed by atoms with Gasteiger partial charge >= 0.3 is 11.9 Å². The summed E-state index contributed by atoms with van der Waals surface area (Å²) in [7, 11) is 3.12. The molecule has 0 saturated carbocycles. The van der Waals surface area contributed by atoms with Crippen molar-refractivity contribution in [1.82, 2.24) is 4.90 Å². The van der Waals surface area contributed by atoms with Crippen molar-refractivity contribution in [3.05, 3.63) is 53.6 Å². The fourth-order valence-electron chi connectivity index (χ4n) is 5.11. The molecule has 8 heteroatoms. The summed E-state index contributed by atoms with van der Waals surface area (Å²) in [5.41, 5.74) is 2.94. The summed E-state index contributed by atoms with van der Waals surface area (Å²) < 4.78 is 22.1. The zero-order valence-corrected chi connectivity index (χ0v) is 26.8. The standard InChI is InChI=1S/C34H48N2O6/c1-10-11-12-13-23(2)36(22-25-16-14-24(15-17-25)21-33(3,4)5)30(29-31(37)41-34(6,7)42-32(29)38)35-27-19-18-26(39-8)20-28(27)40-9/h14-20,23,29H,10-13,21-22H2,1-9H3. The number of carbonyl (C=O) groups excluding carboxylic acids is 2. The van der Waals surface area contributed by atoms with E-state index in [0.717, 1.165) is 37.7 Å². The predicted octanol–water partition coefficient (Wildman–Crippen LogP) is 7.25. The Kier molecular flexibility index (Phi) is 11.0. The van der Waals surface area contributed by atoms with E-state index in [1.807, 2.05) is 4.90 Å². The molecule has 3 rings (SSSR count). The molecule has 1 aliphatic heterocycles. The number of ether oxygens (including phenoxy) is 4. The Morgan fingerprint density at radius 3 is 2.14 bits per heavy atom. The van der Waals surface area contributed by atoms with E-state index in [1.54, 1.807) is 46.3 Å². The third-order valence-electron chi connectivity index (χ3n) is 7.21. The van der Waals surface area contributed by atoms with Crippen LogP contribution in [0.1, 0.15) is 85.3 Å². The molecule has 8 nitrogen and oxygen atoms in total. The molecule has 230 valence electrons. The van der Waals surface area contributed by atoms with Crippen LogP contribution < -0.4 is 9.47 Å². The van der Waals surface area contributed by atoms with Gasteiger partial charge in [-0.3, -0.25) is 9.59 Å². The van der Waals surface area contributed by atoms with Gasteiger partial charge in [-0.25, -0.2) is 4.99 Å². The van der Waals surface area contributed by atoms with Crippen molar-refractivity contribution >= 4 is 23.5 Å². The number of methoxy groups -OCH3 is 2. The van der Waals surface area contributed by atoms with Crippen molar-refractivity contribution in [2.24, 2.45) is 16.3 Å². The van der Waals surface area contributed by atoms with Gasteiger partial charge in [-0.2, -0.15) is 0 Å². The van der Waals surface area contributed by atoms with E-state index < -0.39 is 23.6 Å². The minimum atomic E-state index is -1.35. The normalized spacial score (nSPS) is 16.5. The largest absolute Gasteiger partial charge is 0.497 e. The molecule has 0 amide bonds. The number of cyclic esters (lactones) is 2. The van der Waals surface area contributed by atoms with Gasteiger partial charge in [0, 0.05) is 32.5 Å². The monoisotopic (exact) mass is 580 g/mol. The van der Waals surface area contributed by atoms with Crippen LogP contribution in [0, 0.1) is 11.3 Å². The summed E-state index contributed by atoms with van der Waals surface area (Å²) in [6, 6.07) is 13.7. The van der Waals surface area contributed by atoms with Crippen molar-refractivity contribution in [2.45, 2.75) is 98.9 Å². The predicted molar refractivity (Wildman–Crippen MR) is 165 cm³/mol. The van der Waals surface area contributed by atoms with E-state index >= 15 is 0 Å². The van der Waals surface area contributed by atoms with Gasteiger partial charge in [-0.15, -0.1) is 0 Å². The Bertz CT molecular complexity index is 1230. The van der Waals surface area contributed by atoms with Crippen molar-refractivity contribution < 1.29 is 28.5 Å². The number of hydrogen-bond acceptors (Lipinski definition) is 7. The lowest BCUT2D eigenvalue weighted by Crippen LogP contribution is -2.54. The van der Waals surface area contributed by atoms with Crippen LogP contribution in [0.3, 0.4) is 0 Å². The number of esters is 2. The number of carbonyl (C=O) groups is 2. The Balaban J connectivity index is 2.14. The minimum Gasteiger partial charge on any atom is -0.497 e. The fourth-order valence-corrected chi connectivity index (χ4v) is 5.11. The third kappa shape index (κ3) is 8.97. The molecule has 1 unspecified atom stereocenters. The van der Waals surface area contributed by atoms with Crippen LogP contribution in [-0.4, -0.2) is 48.7 Å². The Morgan fingerprint density at radius 1 is 0.976 bits per heavy atom. The molecule has 2 aromatic carbocycles. The highest BCUT2D eigenvalue weighted by atomic mass is 16.7. The smallest absolute Gasteiger partial charge is 0.331 e. The summed E-state index contributed by atoms with van der Waals surface area (Å²) in [6.07, 6.45) is 4.99. The first-order valence-electron chi connectivity index (χ1n) is 14.9. The highest BCUT2D eigenvalue weighted by Crippen LogP contribution is 2.35. The number of aliphatic imine (C=N–C) groups is 1. The molecule has 42 heavy (non-hydrogen) atoms. The second-order valence-electron chi connectivity index (χ2n) is 12.7. The first-order chi connectivity index (χ1) is 19.8. The average molecular weight is 581 g/mol. The number of benzene rings is 2. The second-order valence-corrected chi connectivity index (χ2v) is 12.7. The fraction of sp³-hybridized carbons (Fsp3) is 0.559. The Labute approximate surface area is 251 Å². The van der Waals surface area contributed by atoms with Crippen LogP contribution in [0.5, 0.6) is 11.5 Å². The lowest BCUT2D eigenvalue weighted by molar-refractivity contribution is -0.236. The van der Waals surface area contributed by atoms with Crippen LogP contribution in [0.4, 0.5) is 5.69 Å². The van der Waals surface area contributed by atoms with Crippen molar-refractivity contribution in [2.75, 3.05) is 14.2 Å². The van der Waals surface area contributed by atoms with Crippen LogP contribution in [0.15, 0.2) is 47.5 Å². The number of nitrogens with zero attached hydrogens (tertiary/aromatic N) is 2. The summed E-state index contributed by atoms with van der Waals surface area (Å²) in [5.74, 6) is -2.75. The first-order valence-corrected chi connectivity index (χ1v) is 14.9. The average Bonchev–Trinajstić information content (AvgIpc) is 2.90. The molecule has 0 spiro atoms. The van der Waals surface area contributed by atoms with Gasteiger partial charge in [-0.1, -0.05) is 71.2 Å². The number of rotatable bonds is 12. The van der Waals surface area contributed by atoms with Crippen LogP contribution in [-0.2, 0) is 32.0 Å². The van der Waals surface area contributed by atoms with Crippen LogP contribution in [0.25, 0.3) is 0 Å². The van der Waals surface area contributed by atoms with Gasteiger partial charge in [0.15, 0.2) is 0 Å². The Morgan fingerprint density at radius 2 is 1.60 bits per heavy atom. The van der Waals surface area contributed by atoms with E-state index in [-0.39, 0.29) is 17.3 Å². The molecule has 0 bridgehead atoms. The molecule has 2 aromatic rings. The van der Waals surface area contributed by atoms with Crippen molar-refractivity contribution in [3.63, 3.8) is 0 Å². The molecule has 0 N–H and O–H groups in total. The summed E-state index contributed by atoms with van der Waals surface area (Å²) >= 11 is 0. The summed E-state index contributed by atoms with van der Waals surface area (Å²) in [5, 5.41) is 0. The van der Waals surface area contributed by atoms with Gasteiger partial charge in [-0.05, 0) is 48.4 Å². The summed E-state index contributed by atoms with van der Waals surface area (Å²) in [4.78, 5) is 33.9. The maximum absolute atomic E-state index is 13.4. The molecular formula is C34H48N2O6. The Hall–Kier alpha value is -3.55. The number of unbranched alkanes of at least 4 members (excludes halogenated alkanes) is 2. The van der Waals surface area contributed by atoms with E-state index in [0.29, 0.717) is 23.7 Å². The molecule has 1 atom stereocenters. The second kappa shape index (κ2) is 14.1. The highest BCUT2D eigenvalue weighted by molar-refractivity contribution is 6.17. The number of hydrogen-bond donors (Lipinski definition) is 0. The van der Waals surface area contributed by atoms with Crippen LogP contribution >= 0.6 is 0 Å². The molecule has 1 aliphatic rings. The zero-order valence-electron chi connectivity index (χ0n) is 26.8. The first kappa shape index (κ1) is 33.0. The molecule has 0 aromatic heterocycles.